The monoisotopic (exact) mass is 378 g/mol. The van der Waals surface area contributed by atoms with Gasteiger partial charge < -0.3 is 14.8 Å². The van der Waals surface area contributed by atoms with Crippen LogP contribution < -0.4 is 14.8 Å². The topological polar surface area (TPSA) is 84.9 Å². The number of likely N-dealkylation sites (N-methyl/N-ethyl adjacent to an activating group) is 1. The SMILES string of the molecule is COc1cccc(NC(=O)CN(C)S(=O)(=O)c2cc(C)ccc2OC)c1. The zero-order chi connectivity index (χ0) is 19.3. The third-order valence-electron chi connectivity index (χ3n) is 3.73. The maximum atomic E-state index is 12.8. The number of benzene rings is 2. The van der Waals surface area contributed by atoms with Crippen LogP contribution in [-0.2, 0) is 14.8 Å². The Morgan fingerprint density at radius 3 is 2.50 bits per heavy atom. The fourth-order valence-corrected chi connectivity index (χ4v) is 3.71. The number of rotatable bonds is 7. The molecule has 0 radical (unpaired) electrons. The molecule has 26 heavy (non-hydrogen) atoms. The maximum Gasteiger partial charge on any atom is 0.246 e. The van der Waals surface area contributed by atoms with Crippen LogP contribution in [0.3, 0.4) is 0 Å². The first-order chi connectivity index (χ1) is 12.3. The molecule has 140 valence electrons. The van der Waals surface area contributed by atoms with E-state index in [0.29, 0.717) is 11.4 Å². The lowest BCUT2D eigenvalue weighted by atomic mass is 10.2. The van der Waals surface area contributed by atoms with Crippen LogP contribution in [0.1, 0.15) is 5.56 Å². The van der Waals surface area contributed by atoms with Gasteiger partial charge in [-0.15, -0.1) is 0 Å². The van der Waals surface area contributed by atoms with E-state index in [2.05, 4.69) is 5.32 Å². The van der Waals surface area contributed by atoms with Gasteiger partial charge in [-0.25, -0.2) is 8.42 Å². The van der Waals surface area contributed by atoms with Crippen LogP contribution >= 0.6 is 0 Å². The second kappa shape index (κ2) is 8.20. The predicted molar refractivity (Wildman–Crippen MR) is 99.2 cm³/mol. The van der Waals surface area contributed by atoms with E-state index < -0.39 is 15.9 Å². The zero-order valence-electron chi connectivity index (χ0n) is 15.1. The lowest BCUT2D eigenvalue weighted by molar-refractivity contribution is -0.116. The fraction of sp³-hybridized carbons (Fsp3) is 0.278. The molecular formula is C18H22N2O5S. The van der Waals surface area contributed by atoms with Crippen LogP contribution in [0.2, 0.25) is 0 Å². The quantitative estimate of drug-likeness (QED) is 0.799. The van der Waals surface area contributed by atoms with E-state index in [1.807, 2.05) is 0 Å². The number of nitrogens with zero attached hydrogens (tertiary/aromatic N) is 1. The Bertz CT molecular complexity index is 896. The van der Waals surface area contributed by atoms with Gasteiger partial charge in [0.25, 0.3) is 0 Å². The van der Waals surface area contributed by atoms with Crippen LogP contribution in [0.25, 0.3) is 0 Å². The smallest absolute Gasteiger partial charge is 0.246 e. The second-order valence-electron chi connectivity index (χ2n) is 5.70. The summed E-state index contributed by atoms with van der Waals surface area (Å²) in [6, 6.07) is 11.7. The molecule has 0 bridgehead atoms. The average molecular weight is 378 g/mol. The summed E-state index contributed by atoms with van der Waals surface area (Å²) in [4.78, 5) is 12.3. The summed E-state index contributed by atoms with van der Waals surface area (Å²) in [7, 11) is 0.394. The normalized spacial score (nSPS) is 11.3. The van der Waals surface area contributed by atoms with Crippen LogP contribution in [0, 0.1) is 6.92 Å². The van der Waals surface area contributed by atoms with E-state index in [0.717, 1.165) is 9.87 Å². The predicted octanol–water partition coefficient (Wildman–Crippen LogP) is 2.27. The van der Waals surface area contributed by atoms with E-state index in [9.17, 15) is 13.2 Å². The zero-order valence-corrected chi connectivity index (χ0v) is 16.0. The van der Waals surface area contributed by atoms with Gasteiger partial charge in [0.2, 0.25) is 15.9 Å². The number of anilines is 1. The number of carbonyl (C=O) groups excluding carboxylic acids is 1. The van der Waals surface area contributed by atoms with Gasteiger partial charge in [0.05, 0.1) is 20.8 Å². The third kappa shape index (κ3) is 4.53. The van der Waals surface area contributed by atoms with Gasteiger partial charge >= 0.3 is 0 Å². The van der Waals surface area contributed by atoms with Gasteiger partial charge in [-0.1, -0.05) is 12.1 Å². The summed E-state index contributed by atoms with van der Waals surface area (Å²) in [6.07, 6.45) is 0. The molecule has 0 spiro atoms. The van der Waals surface area contributed by atoms with E-state index in [1.54, 1.807) is 43.3 Å². The van der Waals surface area contributed by atoms with Crippen LogP contribution in [-0.4, -0.2) is 46.4 Å². The molecule has 0 unspecified atom stereocenters. The minimum atomic E-state index is -3.88. The number of ether oxygens (including phenoxy) is 2. The first-order valence-electron chi connectivity index (χ1n) is 7.83. The molecule has 0 saturated carbocycles. The largest absolute Gasteiger partial charge is 0.497 e. The summed E-state index contributed by atoms with van der Waals surface area (Å²) < 4.78 is 36.8. The first-order valence-corrected chi connectivity index (χ1v) is 9.27. The number of carbonyl (C=O) groups is 1. The number of hydrogen-bond donors (Lipinski definition) is 1. The number of aryl methyl sites for hydroxylation is 1. The molecule has 0 aromatic heterocycles. The van der Waals surface area contributed by atoms with Crippen molar-refractivity contribution in [3.05, 3.63) is 48.0 Å². The number of hydrogen-bond acceptors (Lipinski definition) is 5. The van der Waals surface area contributed by atoms with Crippen molar-refractivity contribution < 1.29 is 22.7 Å². The van der Waals surface area contributed by atoms with Gasteiger partial charge in [-0.2, -0.15) is 4.31 Å². The molecule has 1 N–H and O–H groups in total. The van der Waals surface area contributed by atoms with Crippen LogP contribution in [0.4, 0.5) is 5.69 Å². The van der Waals surface area contributed by atoms with Crippen molar-refractivity contribution in [2.45, 2.75) is 11.8 Å². The van der Waals surface area contributed by atoms with E-state index in [-0.39, 0.29) is 17.2 Å². The van der Waals surface area contributed by atoms with Gasteiger partial charge in [-0.05, 0) is 36.8 Å². The maximum absolute atomic E-state index is 12.8. The molecule has 0 aliphatic carbocycles. The summed E-state index contributed by atoms with van der Waals surface area (Å²) in [6.45, 7) is 1.45. The van der Waals surface area contributed by atoms with Crippen molar-refractivity contribution in [1.29, 1.82) is 0 Å². The number of sulfonamides is 1. The minimum absolute atomic E-state index is 0.0247. The number of methoxy groups -OCH3 is 2. The molecule has 2 aromatic rings. The highest BCUT2D eigenvalue weighted by molar-refractivity contribution is 7.89. The summed E-state index contributed by atoms with van der Waals surface area (Å²) in [5, 5.41) is 2.65. The Hall–Kier alpha value is -2.58. The average Bonchev–Trinajstić information content (AvgIpc) is 2.61. The fourth-order valence-electron chi connectivity index (χ4n) is 2.34. The third-order valence-corrected chi connectivity index (χ3v) is 5.55. The van der Waals surface area contributed by atoms with Crippen LogP contribution in [0.5, 0.6) is 11.5 Å². The van der Waals surface area contributed by atoms with E-state index in [4.69, 9.17) is 9.47 Å². The molecule has 0 fully saturated rings. The first kappa shape index (κ1) is 19.7. The highest BCUT2D eigenvalue weighted by Gasteiger charge is 2.26. The van der Waals surface area contributed by atoms with Gasteiger partial charge in [-0.3, -0.25) is 4.79 Å². The lowest BCUT2D eigenvalue weighted by Gasteiger charge is -2.19. The van der Waals surface area contributed by atoms with Crippen molar-refractivity contribution >= 4 is 21.6 Å². The van der Waals surface area contributed by atoms with Crippen molar-refractivity contribution in [2.24, 2.45) is 0 Å². The lowest BCUT2D eigenvalue weighted by Crippen LogP contribution is -2.35. The van der Waals surface area contributed by atoms with Crippen molar-refractivity contribution in [3.8, 4) is 11.5 Å². The van der Waals surface area contributed by atoms with Crippen molar-refractivity contribution in [2.75, 3.05) is 33.1 Å². The van der Waals surface area contributed by atoms with Crippen molar-refractivity contribution in [3.63, 3.8) is 0 Å². The van der Waals surface area contributed by atoms with E-state index in [1.165, 1.54) is 27.3 Å². The van der Waals surface area contributed by atoms with E-state index >= 15 is 0 Å². The number of amides is 1. The Morgan fingerprint density at radius 2 is 1.85 bits per heavy atom. The Kier molecular flexibility index (Phi) is 6.23. The standard InChI is InChI=1S/C18H22N2O5S/c1-13-8-9-16(25-4)17(10-13)26(22,23)20(2)12-18(21)19-14-6-5-7-15(11-14)24-3/h5-11H,12H2,1-4H3,(H,19,21). The Labute approximate surface area is 153 Å². The number of nitrogens with one attached hydrogen (secondary N) is 1. The molecule has 0 aliphatic rings. The van der Waals surface area contributed by atoms with Gasteiger partial charge in [0.15, 0.2) is 0 Å². The molecule has 8 heteroatoms. The highest BCUT2D eigenvalue weighted by Crippen LogP contribution is 2.27. The molecule has 7 nitrogen and oxygen atoms in total. The molecule has 1 amide bonds. The molecular weight excluding hydrogens is 356 g/mol. The van der Waals surface area contributed by atoms with Crippen molar-refractivity contribution in [1.82, 2.24) is 4.31 Å². The summed E-state index contributed by atoms with van der Waals surface area (Å²) in [5.41, 5.74) is 1.30. The molecule has 0 saturated heterocycles. The molecule has 0 aliphatic heterocycles. The van der Waals surface area contributed by atoms with Gasteiger partial charge in [0.1, 0.15) is 16.4 Å². The molecule has 0 heterocycles. The summed E-state index contributed by atoms with van der Waals surface area (Å²) >= 11 is 0. The second-order valence-corrected chi connectivity index (χ2v) is 7.71. The Morgan fingerprint density at radius 1 is 1.12 bits per heavy atom. The molecule has 0 atom stereocenters. The highest BCUT2D eigenvalue weighted by atomic mass is 32.2. The molecule has 2 rings (SSSR count). The Balaban J connectivity index is 2.16. The molecule has 2 aromatic carbocycles. The van der Waals surface area contributed by atoms with Crippen LogP contribution in [0.15, 0.2) is 47.4 Å². The van der Waals surface area contributed by atoms with Gasteiger partial charge in [0, 0.05) is 18.8 Å². The summed E-state index contributed by atoms with van der Waals surface area (Å²) in [5.74, 6) is 0.361. The minimum Gasteiger partial charge on any atom is -0.497 e.